The molecule has 2 aromatic rings. The third-order valence-electron chi connectivity index (χ3n) is 4.32. The fourth-order valence-electron chi connectivity index (χ4n) is 3.06. The van der Waals surface area contributed by atoms with Gasteiger partial charge < -0.3 is 14.4 Å². The number of benzene rings is 1. The Bertz CT molecular complexity index is 711. The smallest absolute Gasteiger partial charge is 0.303 e. The van der Waals surface area contributed by atoms with Crippen LogP contribution in [0.2, 0.25) is 0 Å². The number of nitrogens with zero attached hydrogens (tertiary/aromatic N) is 2. The molecule has 3 rings (SSSR count). The minimum absolute atomic E-state index is 0.148. The average Bonchev–Trinajstić information content (AvgIpc) is 3.10. The van der Waals surface area contributed by atoms with Crippen LogP contribution in [0.15, 0.2) is 41.0 Å². The molecule has 0 spiro atoms. The highest BCUT2D eigenvalue weighted by Gasteiger charge is 2.26. The third-order valence-corrected chi connectivity index (χ3v) is 4.32. The zero-order valence-electron chi connectivity index (χ0n) is 13.4. The SMILES string of the molecule is O=C(O)CCC1CCCN(C(=O)c2coc(-c3ccccc3)n2)C1. The van der Waals surface area contributed by atoms with Crippen LogP contribution in [-0.2, 0) is 4.79 Å². The topological polar surface area (TPSA) is 83.6 Å². The lowest BCUT2D eigenvalue weighted by Crippen LogP contribution is -2.40. The van der Waals surface area contributed by atoms with E-state index in [-0.39, 0.29) is 18.2 Å². The van der Waals surface area contributed by atoms with Gasteiger partial charge in [0.25, 0.3) is 5.91 Å². The first-order chi connectivity index (χ1) is 11.6. The van der Waals surface area contributed by atoms with Gasteiger partial charge in [-0.2, -0.15) is 0 Å². The number of oxazole rings is 1. The Labute approximate surface area is 140 Å². The zero-order chi connectivity index (χ0) is 16.9. The normalized spacial score (nSPS) is 17.7. The van der Waals surface area contributed by atoms with Gasteiger partial charge in [-0.25, -0.2) is 4.98 Å². The molecule has 1 aliphatic rings. The van der Waals surface area contributed by atoms with Crippen LogP contribution in [0, 0.1) is 5.92 Å². The van der Waals surface area contributed by atoms with E-state index in [2.05, 4.69) is 4.98 Å². The number of amides is 1. The quantitative estimate of drug-likeness (QED) is 0.912. The van der Waals surface area contributed by atoms with Crippen LogP contribution >= 0.6 is 0 Å². The maximum Gasteiger partial charge on any atom is 0.303 e. The van der Waals surface area contributed by atoms with E-state index >= 15 is 0 Å². The predicted octanol–water partition coefficient (Wildman–Crippen LogP) is 3.06. The average molecular weight is 328 g/mol. The van der Waals surface area contributed by atoms with E-state index in [1.165, 1.54) is 6.26 Å². The number of carbonyl (C=O) groups is 2. The Balaban J connectivity index is 1.66. The van der Waals surface area contributed by atoms with E-state index in [0.717, 1.165) is 18.4 Å². The highest BCUT2D eigenvalue weighted by Crippen LogP contribution is 2.24. The van der Waals surface area contributed by atoms with Crippen LogP contribution in [-0.4, -0.2) is 40.0 Å². The number of carboxylic acid groups (broad SMARTS) is 1. The maximum atomic E-state index is 12.6. The molecular weight excluding hydrogens is 308 g/mol. The molecule has 0 bridgehead atoms. The van der Waals surface area contributed by atoms with E-state index < -0.39 is 5.97 Å². The summed E-state index contributed by atoms with van der Waals surface area (Å²) >= 11 is 0. The first-order valence-corrected chi connectivity index (χ1v) is 8.15. The van der Waals surface area contributed by atoms with Crippen molar-refractivity contribution < 1.29 is 19.1 Å². The molecular formula is C18H20N2O4. The maximum absolute atomic E-state index is 12.6. The second kappa shape index (κ2) is 7.29. The molecule has 126 valence electrons. The minimum atomic E-state index is -0.789. The van der Waals surface area contributed by atoms with Crippen molar-refractivity contribution in [2.45, 2.75) is 25.7 Å². The number of likely N-dealkylation sites (tertiary alicyclic amines) is 1. The van der Waals surface area contributed by atoms with Gasteiger partial charge in [-0.1, -0.05) is 18.2 Å². The van der Waals surface area contributed by atoms with Crippen molar-refractivity contribution in [3.63, 3.8) is 0 Å². The molecule has 2 heterocycles. The number of aliphatic carboxylic acids is 1. The number of rotatable bonds is 5. The first-order valence-electron chi connectivity index (χ1n) is 8.15. The number of piperidine rings is 1. The standard InChI is InChI=1S/C18H20N2O4/c21-16(22)9-8-13-5-4-10-20(11-13)18(23)15-12-24-17(19-15)14-6-2-1-3-7-14/h1-3,6-7,12-13H,4-5,8-11H2,(H,21,22). The summed E-state index contributed by atoms with van der Waals surface area (Å²) in [4.78, 5) is 29.4. The van der Waals surface area contributed by atoms with Crippen molar-refractivity contribution >= 4 is 11.9 Å². The molecule has 1 fully saturated rings. The van der Waals surface area contributed by atoms with E-state index in [0.29, 0.717) is 31.1 Å². The van der Waals surface area contributed by atoms with Gasteiger partial charge in [0.2, 0.25) is 5.89 Å². The molecule has 1 amide bonds. The summed E-state index contributed by atoms with van der Waals surface area (Å²) in [6, 6.07) is 9.44. The predicted molar refractivity (Wildman–Crippen MR) is 87.4 cm³/mol. The summed E-state index contributed by atoms with van der Waals surface area (Å²) in [5.74, 6) is -0.277. The Morgan fingerprint density at radius 1 is 1.29 bits per heavy atom. The van der Waals surface area contributed by atoms with Gasteiger partial charge in [0.1, 0.15) is 6.26 Å². The number of aromatic nitrogens is 1. The van der Waals surface area contributed by atoms with Crippen LogP contribution in [0.5, 0.6) is 0 Å². The van der Waals surface area contributed by atoms with Crippen LogP contribution in [0.3, 0.4) is 0 Å². The van der Waals surface area contributed by atoms with Crippen LogP contribution < -0.4 is 0 Å². The fraction of sp³-hybridized carbons (Fsp3) is 0.389. The number of carboxylic acids is 1. The van der Waals surface area contributed by atoms with Crippen molar-refractivity contribution in [1.82, 2.24) is 9.88 Å². The van der Waals surface area contributed by atoms with Crippen LogP contribution in [0.25, 0.3) is 11.5 Å². The Kier molecular flexibility index (Phi) is 4.93. The molecule has 0 aliphatic carbocycles. The van der Waals surface area contributed by atoms with E-state index in [9.17, 15) is 9.59 Å². The highest BCUT2D eigenvalue weighted by atomic mass is 16.4. The molecule has 6 nitrogen and oxygen atoms in total. The molecule has 1 aromatic carbocycles. The molecule has 0 saturated carbocycles. The van der Waals surface area contributed by atoms with Crippen molar-refractivity contribution in [3.05, 3.63) is 42.3 Å². The molecule has 1 saturated heterocycles. The molecule has 0 radical (unpaired) electrons. The Hall–Kier alpha value is -2.63. The summed E-state index contributed by atoms with van der Waals surface area (Å²) in [7, 11) is 0. The molecule has 1 atom stereocenters. The van der Waals surface area contributed by atoms with Crippen molar-refractivity contribution in [2.75, 3.05) is 13.1 Å². The fourth-order valence-corrected chi connectivity index (χ4v) is 3.06. The van der Waals surface area contributed by atoms with Crippen molar-refractivity contribution in [1.29, 1.82) is 0 Å². The summed E-state index contributed by atoms with van der Waals surface area (Å²) in [5.41, 5.74) is 1.13. The summed E-state index contributed by atoms with van der Waals surface area (Å²) < 4.78 is 5.43. The monoisotopic (exact) mass is 328 g/mol. The largest absolute Gasteiger partial charge is 0.481 e. The van der Waals surface area contributed by atoms with Gasteiger partial charge in [0.15, 0.2) is 5.69 Å². The van der Waals surface area contributed by atoms with Gasteiger partial charge >= 0.3 is 5.97 Å². The molecule has 6 heteroatoms. The second-order valence-corrected chi connectivity index (χ2v) is 6.10. The van der Waals surface area contributed by atoms with Gasteiger partial charge in [-0.05, 0) is 37.3 Å². The minimum Gasteiger partial charge on any atom is -0.481 e. The number of carbonyl (C=O) groups excluding carboxylic acids is 1. The molecule has 1 aliphatic heterocycles. The van der Waals surface area contributed by atoms with E-state index in [1.807, 2.05) is 30.3 Å². The van der Waals surface area contributed by atoms with Crippen molar-refractivity contribution in [2.24, 2.45) is 5.92 Å². The van der Waals surface area contributed by atoms with Gasteiger partial charge in [0.05, 0.1) is 0 Å². The first kappa shape index (κ1) is 16.2. The van der Waals surface area contributed by atoms with Crippen molar-refractivity contribution in [3.8, 4) is 11.5 Å². The van der Waals surface area contributed by atoms with Crippen LogP contribution in [0.4, 0.5) is 0 Å². The summed E-state index contributed by atoms with van der Waals surface area (Å²) in [5, 5.41) is 8.81. The second-order valence-electron chi connectivity index (χ2n) is 6.10. The Morgan fingerprint density at radius 3 is 2.83 bits per heavy atom. The Morgan fingerprint density at radius 2 is 2.08 bits per heavy atom. The van der Waals surface area contributed by atoms with Gasteiger partial charge in [0, 0.05) is 25.1 Å². The van der Waals surface area contributed by atoms with Gasteiger partial charge in [-0.3, -0.25) is 9.59 Å². The lowest BCUT2D eigenvalue weighted by Gasteiger charge is -2.32. The molecule has 24 heavy (non-hydrogen) atoms. The zero-order valence-corrected chi connectivity index (χ0v) is 13.4. The van der Waals surface area contributed by atoms with Crippen LogP contribution in [0.1, 0.15) is 36.2 Å². The summed E-state index contributed by atoms with van der Waals surface area (Å²) in [6.07, 6.45) is 4.00. The molecule has 1 N–H and O–H groups in total. The third kappa shape index (κ3) is 3.82. The number of hydrogen-bond acceptors (Lipinski definition) is 4. The van der Waals surface area contributed by atoms with Gasteiger partial charge in [-0.15, -0.1) is 0 Å². The molecule has 1 unspecified atom stereocenters. The lowest BCUT2D eigenvalue weighted by atomic mass is 9.93. The molecule has 1 aromatic heterocycles. The lowest BCUT2D eigenvalue weighted by molar-refractivity contribution is -0.137. The van der Waals surface area contributed by atoms with E-state index in [4.69, 9.17) is 9.52 Å². The summed E-state index contributed by atoms with van der Waals surface area (Å²) in [6.45, 7) is 1.26. The number of hydrogen-bond donors (Lipinski definition) is 1. The van der Waals surface area contributed by atoms with E-state index in [1.54, 1.807) is 4.90 Å². The highest BCUT2D eigenvalue weighted by molar-refractivity contribution is 5.92.